The standard InChI is InChI=1S/C12H12F3N5O/c13-12(14,15)11-18-17-9-6-19(4-5-20(9)11)10-8(7-21)2-1-3-16-10/h1-3,21H,4-7H2. The summed E-state index contributed by atoms with van der Waals surface area (Å²) in [6.07, 6.45) is -2.93. The van der Waals surface area contributed by atoms with Crippen LogP contribution in [0.1, 0.15) is 17.2 Å². The Bertz CT molecular complexity index is 655. The molecule has 2 aromatic rings. The van der Waals surface area contributed by atoms with Crippen LogP contribution in [0.5, 0.6) is 0 Å². The number of halogens is 3. The molecule has 0 aliphatic carbocycles. The van der Waals surface area contributed by atoms with Gasteiger partial charge in [0, 0.05) is 24.8 Å². The van der Waals surface area contributed by atoms with Crippen molar-refractivity contribution in [3.63, 3.8) is 0 Å². The van der Waals surface area contributed by atoms with Gasteiger partial charge in [0.1, 0.15) is 5.82 Å². The van der Waals surface area contributed by atoms with Crippen LogP contribution < -0.4 is 4.90 Å². The van der Waals surface area contributed by atoms with Crippen molar-refractivity contribution in [1.29, 1.82) is 0 Å². The Labute approximate surface area is 117 Å². The highest BCUT2D eigenvalue weighted by molar-refractivity contribution is 5.46. The van der Waals surface area contributed by atoms with Gasteiger partial charge >= 0.3 is 6.18 Å². The normalized spacial score (nSPS) is 15.1. The van der Waals surface area contributed by atoms with Crippen LogP contribution in [0, 0.1) is 0 Å². The molecule has 0 saturated carbocycles. The average Bonchev–Trinajstić information content (AvgIpc) is 2.90. The summed E-state index contributed by atoms with van der Waals surface area (Å²) in [5.41, 5.74) is 0.626. The van der Waals surface area contributed by atoms with Gasteiger partial charge in [0.15, 0.2) is 5.82 Å². The van der Waals surface area contributed by atoms with Gasteiger partial charge in [-0.1, -0.05) is 6.07 Å². The van der Waals surface area contributed by atoms with Crippen molar-refractivity contribution in [3.05, 3.63) is 35.5 Å². The van der Waals surface area contributed by atoms with Crippen LogP contribution in [-0.4, -0.2) is 31.4 Å². The number of aromatic nitrogens is 4. The van der Waals surface area contributed by atoms with Crippen LogP contribution in [0.4, 0.5) is 19.0 Å². The fourth-order valence-corrected chi connectivity index (χ4v) is 2.39. The molecular weight excluding hydrogens is 287 g/mol. The zero-order valence-electron chi connectivity index (χ0n) is 10.9. The Morgan fingerprint density at radius 3 is 2.76 bits per heavy atom. The zero-order valence-corrected chi connectivity index (χ0v) is 10.9. The molecule has 0 radical (unpaired) electrons. The Morgan fingerprint density at radius 2 is 2.05 bits per heavy atom. The minimum atomic E-state index is -4.51. The maximum atomic E-state index is 12.8. The fourth-order valence-electron chi connectivity index (χ4n) is 2.39. The van der Waals surface area contributed by atoms with Gasteiger partial charge in [-0.3, -0.25) is 0 Å². The van der Waals surface area contributed by atoms with Gasteiger partial charge in [0.25, 0.3) is 0 Å². The maximum Gasteiger partial charge on any atom is 0.451 e. The molecule has 0 bridgehead atoms. The van der Waals surface area contributed by atoms with Crippen LogP contribution in [0.2, 0.25) is 0 Å². The Morgan fingerprint density at radius 1 is 1.24 bits per heavy atom. The van der Waals surface area contributed by atoms with Crippen LogP contribution in [-0.2, 0) is 25.9 Å². The molecule has 0 amide bonds. The number of nitrogens with zero attached hydrogens (tertiary/aromatic N) is 5. The first-order valence-corrected chi connectivity index (χ1v) is 6.29. The van der Waals surface area contributed by atoms with Gasteiger partial charge in [0.05, 0.1) is 13.2 Å². The molecule has 3 heterocycles. The summed E-state index contributed by atoms with van der Waals surface area (Å²) in [7, 11) is 0. The third kappa shape index (κ3) is 2.44. The molecule has 1 aliphatic heterocycles. The molecule has 0 saturated heterocycles. The lowest BCUT2D eigenvalue weighted by atomic mass is 10.2. The molecule has 3 rings (SSSR count). The molecule has 2 aromatic heterocycles. The average molecular weight is 299 g/mol. The summed E-state index contributed by atoms with van der Waals surface area (Å²) in [6, 6.07) is 3.42. The third-order valence-corrected chi connectivity index (χ3v) is 3.34. The number of hydrogen-bond acceptors (Lipinski definition) is 5. The van der Waals surface area contributed by atoms with Gasteiger partial charge in [-0.05, 0) is 6.07 Å². The summed E-state index contributed by atoms with van der Waals surface area (Å²) >= 11 is 0. The lowest BCUT2D eigenvalue weighted by Gasteiger charge is -2.30. The number of hydrogen-bond donors (Lipinski definition) is 1. The number of fused-ring (bicyclic) bond motifs is 1. The van der Waals surface area contributed by atoms with Crippen molar-refractivity contribution in [2.45, 2.75) is 25.9 Å². The largest absolute Gasteiger partial charge is 0.451 e. The molecule has 9 heteroatoms. The molecule has 112 valence electrons. The lowest BCUT2D eigenvalue weighted by molar-refractivity contribution is -0.147. The molecule has 0 spiro atoms. The summed E-state index contributed by atoms with van der Waals surface area (Å²) < 4.78 is 39.4. The van der Waals surface area contributed by atoms with E-state index in [2.05, 4.69) is 15.2 Å². The highest BCUT2D eigenvalue weighted by Gasteiger charge is 2.39. The highest BCUT2D eigenvalue weighted by Crippen LogP contribution is 2.30. The van der Waals surface area contributed by atoms with E-state index in [0.29, 0.717) is 17.9 Å². The van der Waals surface area contributed by atoms with Crippen LogP contribution >= 0.6 is 0 Å². The quantitative estimate of drug-likeness (QED) is 0.902. The van der Waals surface area contributed by atoms with Crippen molar-refractivity contribution in [2.75, 3.05) is 11.4 Å². The Kier molecular flexibility index (Phi) is 3.28. The van der Waals surface area contributed by atoms with Gasteiger partial charge < -0.3 is 14.6 Å². The topological polar surface area (TPSA) is 67.1 Å². The number of anilines is 1. The molecule has 0 fully saturated rings. The molecule has 0 unspecified atom stereocenters. The minimum Gasteiger partial charge on any atom is -0.392 e. The van der Waals surface area contributed by atoms with Gasteiger partial charge in [-0.2, -0.15) is 13.2 Å². The zero-order chi connectivity index (χ0) is 15.0. The smallest absolute Gasteiger partial charge is 0.392 e. The van der Waals surface area contributed by atoms with Crippen molar-refractivity contribution < 1.29 is 18.3 Å². The Balaban J connectivity index is 1.90. The predicted molar refractivity (Wildman–Crippen MR) is 66.2 cm³/mol. The fraction of sp³-hybridized carbons (Fsp3) is 0.417. The van der Waals surface area contributed by atoms with E-state index in [4.69, 9.17) is 0 Å². The summed E-state index contributed by atoms with van der Waals surface area (Å²) in [4.78, 5) is 5.98. The maximum absolute atomic E-state index is 12.8. The number of pyridine rings is 1. The SMILES string of the molecule is OCc1cccnc1N1CCn2c(nnc2C(F)(F)F)C1. The third-order valence-electron chi connectivity index (χ3n) is 3.34. The van der Waals surface area contributed by atoms with Gasteiger partial charge in [0.2, 0.25) is 5.82 Å². The number of rotatable bonds is 2. The first-order chi connectivity index (χ1) is 10.0. The van der Waals surface area contributed by atoms with Gasteiger partial charge in [-0.15, -0.1) is 10.2 Å². The van der Waals surface area contributed by atoms with E-state index >= 15 is 0 Å². The van der Waals surface area contributed by atoms with Gasteiger partial charge in [-0.25, -0.2) is 4.98 Å². The van der Waals surface area contributed by atoms with E-state index in [0.717, 1.165) is 4.57 Å². The first kappa shape index (κ1) is 13.8. The van der Waals surface area contributed by atoms with Crippen molar-refractivity contribution in [1.82, 2.24) is 19.7 Å². The first-order valence-electron chi connectivity index (χ1n) is 6.29. The van der Waals surface area contributed by atoms with Crippen LogP contribution in [0.25, 0.3) is 0 Å². The van der Waals surface area contributed by atoms with E-state index in [1.807, 2.05) is 0 Å². The second-order valence-corrected chi connectivity index (χ2v) is 4.66. The second-order valence-electron chi connectivity index (χ2n) is 4.66. The molecule has 21 heavy (non-hydrogen) atoms. The molecular formula is C12H12F3N5O. The predicted octanol–water partition coefficient (Wildman–Crippen LogP) is 1.20. The molecule has 1 aliphatic rings. The monoisotopic (exact) mass is 299 g/mol. The Hall–Kier alpha value is -2.16. The van der Waals surface area contributed by atoms with E-state index in [1.54, 1.807) is 23.2 Å². The summed E-state index contributed by atoms with van der Waals surface area (Å²) in [6.45, 7) is 0.462. The van der Waals surface area contributed by atoms with Crippen molar-refractivity contribution in [2.24, 2.45) is 0 Å². The number of aliphatic hydroxyl groups is 1. The highest BCUT2D eigenvalue weighted by atomic mass is 19.4. The number of aliphatic hydroxyl groups excluding tert-OH is 1. The van der Waals surface area contributed by atoms with Crippen LogP contribution in [0.3, 0.4) is 0 Å². The van der Waals surface area contributed by atoms with E-state index in [1.165, 1.54) is 0 Å². The summed E-state index contributed by atoms with van der Waals surface area (Å²) in [5, 5.41) is 16.2. The van der Waals surface area contributed by atoms with Crippen LogP contribution in [0.15, 0.2) is 18.3 Å². The molecule has 0 atom stereocenters. The molecule has 0 aromatic carbocycles. The summed E-state index contributed by atoms with van der Waals surface area (Å²) in [5.74, 6) is -0.175. The number of alkyl halides is 3. The second kappa shape index (κ2) is 4.99. The van der Waals surface area contributed by atoms with E-state index in [-0.39, 0.29) is 25.5 Å². The van der Waals surface area contributed by atoms with E-state index < -0.39 is 12.0 Å². The minimum absolute atomic E-state index is 0.124. The molecule has 1 N–H and O–H groups in total. The van der Waals surface area contributed by atoms with Crippen molar-refractivity contribution >= 4 is 5.82 Å². The molecule has 6 nitrogen and oxygen atoms in total. The lowest BCUT2D eigenvalue weighted by Crippen LogP contribution is -2.36. The van der Waals surface area contributed by atoms with E-state index in [9.17, 15) is 18.3 Å². The van der Waals surface area contributed by atoms with Crippen molar-refractivity contribution in [3.8, 4) is 0 Å².